The number of halogens is 3. The predicted molar refractivity (Wildman–Crippen MR) is 86.5 cm³/mol. The summed E-state index contributed by atoms with van der Waals surface area (Å²) in [5, 5.41) is 2.28. The van der Waals surface area contributed by atoms with Crippen molar-refractivity contribution in [3.8, 4) is 0 Å². The minimum absolute atomic E-state index is 0.208. The summed E-state index contributed by atoms with van der Waals surface area (Å²) in [6, 6.07) is 6.65. The number of pyridine rings is 2. The lowest BCUT2D eigenvalue weighted by atomic mass is 10.1. The van der Waals surface area contributed by atoms with Gasteiger partial charge in [-0.05, 0) is 30.7 Å². The van der Waals surface area contributed by atoms with Crippen LogP contribution in [0.15, 0.2) is 47.5 Å². The molecule has 8 heteroatoms. The molecule has 2 N–H and O–H groups in total. The average molecular weight is 347 g/mol. The minimum Gasteiger partial charge on any atom is -0.360 e. The maximum absolute atomic E-state index is 13.0. The van der Waals surface area contributed by atoms with Crippen LogP contribution in [0.1, 0.15) is 21.5 Å². The number of nitrogens with one attached hydrogen (secondary N) is 2. The number of hydrogen-bond donors (Lipinski definition) is 2. The normalized spacial score (nSPS) is 11.5. The molecule has 1 aromatic carbocycles. The molecule has 0 fully saturated rings. The summed E-state index contributed by atoms with van der Waals surface area (Å²) >= 11 is 0. The number of carbonyl (C=O) groups is 1. The number of rotatable bonds is 2. The van der Waals surface area contributed by atoms with Crippen molar-refractivity contribution in [3.63, 3.8) is 0 Å². The maximum Gasteiger partial charge on any atom is 0.418 e. The third-order valence-electron chi connectivity index (χ3n) is 3.71. The molecular weight excluding hydrogens is 335 g/mol. The van der Waals surface area contributed by atoms with Gasteiger partial charge in [-0.15, -0.1) is 0 Å². The number of carbonyl (C=O) groups excluding carboxylic acids is 1. The van der Waals surface area contributed by atoms with Gasteiger partial charge in [0.1, 0.15) is 11.4 Å². The molecule has 0 spiro atoms. The first kappa shape index (κ1) is 16.7. The van der Waals surface area contributed by atoms with E-state index in [1.165, 1.54) is 12.3 Å². The highest BCUT2D eigenvalue weighted by Crippen LogP contribution is 2.33. The van der Waals surface area contributed by atoms with Gasteiger partial charge in [0.05, 0.1) is 11.1 Å². The monoisotopic (exact) mass is 347 g/mol. The number of alkyl halides is 3. The number of aromatic nitrogens is 2. The quantitative estimate of drug-likeness (QED) is 0.745. The summed E-state index contributed by atoms with van der Waals surface area (Å²) in [5.41, 5.74) is -1.71. The lowest BCUT2D eigenvalue weighted by Crippen LogP contribution is -2.23. The van der Waals surface area contributed by atoms with Crippen molar-refractivity contribution in [3.05, 3.63) is 69.6 Å². The van der Waals surface area contributed by atoms with E-state index in [0.717, 1.165) is 18.3 Å². The summed E-state index contributed by atoms with van der Waals surface area (Å²) in [5.74, 6) is -0.474. The van der Waals surface area contributed by atoms with E-state index in [4.69, 9.17) is 0 Å². The molecule has 2 heterocycles. The van der Waals surface area contributed by atoms with Crippen molar-refractivity contribution in [2.45, 2.75) is 13.1 Å². The van der Waals surface area contributed by atoms with Crippen LogP contribution in [0.5, 0.6) is 0 Å². The smallest absolute Gasteiger partial charge is 0.360 e. The first-order chi connectivity index (χ1) is 11.8. The van der Waals surface area contributed by atoms with Crippen LogP contribution in [0.2, 0.25) is 0 Å². The van der Waals surface area contributed by atoms with Gasteiger partial charge in [0, 0.05) is 17.8 Å². The van der Waals surface area contributed by atoms with Gasteiger partial charge < -0.3 is 10.3 Å². The molecular formula is C17H12F3N3O2. The second kappa shape index (κ2) is 6.04. The molecule has 128 valence electrons. The lowest BCUT2D eigenvalue weighted by Gasteiger charge is -2.11. The molecule has 25 heavy (non-hydrogen) atoms. The van der Waals surface area contributed by atoms with E-state index < -0.39 is 23.1 Å². The molecule has 0 bridgehead atoms. The molecule has 0 aliphatic heterocycles. The van der Waals surface area contributed by atoms with E-state index in [1.807, 2.05) is 0 Å². The van der Waals surface area contributed by atoms with Gasteiger partial charge in [-0.25, -0.2) is 4.98 Å². The topological polar surface area (TPSA) is 74.8 Å². The lowest BCUT2D eigenvalue weighted by molar-refractivity contribution is -0.136. The molecule has 0 saturated carbocycles. The number of aryl methyl sites for hydroxylation is 1. The van der Waals surface area contributed by atoms with E-state index in [-0.39, 0.29) is 22.3 Å². The summed E-state index contributed by atoms with van der Waals surface area (Å²) in [6.07, 6.45) is -2.16. The van der Waals surface area contributed by atoms with Crippen LogP contribution in [0, 0.1) is 6.92 Å². The maximum atomic E-state index is 13.0. The van der Waals surface area contributed by atoms with Crippen LogP contribution in [-0.4, -0.2) is 15.9 Å². The molecule has 3 aromatic rings. The number of para-hydroxylation sites is 1. The number of H-pyrrole nitrogens is 1. The van der Waals surface area contributed by atoms with Crippen molar-refractivity contribution in [1.82, 2.24) is 9.97 Å². The minimum atomic E-state index is -4.61. The number of aromatic amines is 1. The molecule has 0 unspecified atom stereocenters. The molecule has 3 rings (SSSR count). The number of nitrogens with zero attached hydrogens (tertiary/aromatic N) is 1. The van der Waals surface area contributed by atoms with E-state index in [9.17, 15) is 22.8 Å². The molecule has 0 atom stereocenters. The van der Waals surface area contributed by atoms with Crippen LogP contribution in [0.25, 0.3) is 10.9 Å². The first-order valence-electron chi connectivity index (χ1n) is 7.23. The number of fused-ring (bicyclic) bond motifs is 1. The molecule has 0 radical (unpaired) electrons. The summed E-state index contributed by atoms with van der Waals surface area (Å²) in [6.45, 7) is 1.73. The number of amides is 1. The van der Waals surface area contributed by atoms with Crippen LogP contribution in [0.4, 0.5) is 19.0 Å². The Hall–Kier alpha value is -3.16. The van der Waals surface area contributed by atoms with Crippen molar-refractivity contribution >= 4 is 22.6 Å². The Morgan fingerprint density at radius 1 is 1.20 bits per heavy atom. The second-order valence-corrected chi connectivity index (χ2v) is 5.38. The molecule has 5 nitrogen and oxygen atoms in total. The Morgan fingerprint density at radius 3 is 2.64 bits per heavy atom. The van der Waals surface area contributed by atoms with Gasteiger partial charge in [-0.3, -0.25) is 9.59 Å². The van der Waals surface area contributed by atoms with Crippen molar-refractivity contribution in [2.24, 2.45) is 0 Å². The molecule has 1 amide bonds. The molecule has 2 aromatic heterocycles. The van der Waals surface area contributed by atoms with E-state index >= 15 is 0 Å². The Labute approximate surface area is 139 Å². The molecule has 0 aliphatic carbocycles. The Kier molecular flexibility index (Phi) is 4.03. The van der Waals surface area contributed by atoms with Crippen molar-refractivity contribution in [1.29, 1.82) is 0 Å². The SMILES string of the molecule is Cc1cccnc1NC(=O)c1c[nH]c2c(C(F)(F)F)cccc2c1=O. The van der Waals surface area contributed by atoms with Crippen LogP contribution >= 0.6 is 0 Å². The molecule has 0 aliphatic rings. The van der Waals surface area contributed by atoms with Gasteiger partial charge in [-0.2, -0.15) is 13.2 Å². The third kappa shape index (κ3) is 3.10. The Balaban J connectivity index is 2.07. The summed E-state index contributed by atoms with van der Waals surface area (Å²) in [7, 11) is 0. The zero-order chi connectivity index (χ0) is 18.2. The summed E-state index contributed by atoms with van der Waals surface area (Å²) < 4.78 is 39.1. The standard InChI is InChI=1S/C17H12F3N3O2/c1-9-4-3-7-21-15(9)23-16(25)11-8-22-13-10(14(11)24)5-2-6-12(13)17(18,19)20/h2-8H,1H3,(H,22,24)(H,21,23,25). The molecule has 0 saturated heterocycles. The number of hydrogen-bond acceptors (Lipinski definition) is 3. The summed E-state index contributed by atoms with van der Waals surface area (Å²) in [4.78, 5) is 31.2. The fraction of sp³-hybridized carbons (Fsp3) is 0.118. The van der Waals surface area contributed by atoms with E-state index in [2.05, 4.69) is 15.3 Å². The van der Waals surface area contributed by atoms with Gasteiger partial charge in [0.15, 0.2) is 0 Å². The van der Waals surface area contributed by atoms with E-state index in [1.54, 1.807) is 19.1 Å². The van der Waals surface area contributed by atoms with Crippen molar-refractivity contribution in [2.75, 3.05) is 5.32 Å². The van der Waals surface area contributed by atoms with E-state index in [0.29, 0.717) is 5.56 Å². The number of anilines is 1. The van der Waals surface area contributed by atoms with Gasteiger partial charge >= 0.3 is 6.18 Å². The Morgan fingerprint density at radius 2 is 1.96 bits per heavy atom. The highest BCUT2D eigenvalue weighted by atomic mass is 19.4. The highest BCUT2D eigenvalue weighted by Gasteiger charge is 2.33. The first-order valence-corrected chi connectivity index (χ1v) is 7.23. The fourth-order valence-electron chi connectivity index (χ4n) is 2.45. The average Bonchev–Trinajstić information content (AvgIpc) is 2.56. The predicted octanol–water partition coefficient (Wildman–Crippen LogP) is 3.50. The Bertz CT molecular complexity index is 1030. The van der Waals surface area contributed by atoms with Crippen molar-refractivity contribution < 1.29 is 18.0 Å². The van der Waals surface area contributed by atoms with Gasteiger partial charge in [0.25, 0.3) is 5.91 Å². The zero-order valence-corrected chi connectivity index (χ0v) is 12.9. The largest absolute Gasteiger partial charge is 0.418 e. The van der Waals surface area contributed by atoms with Crippen LogP contribution < -0.4 is 10.7 Å². The van der Waals surface area contributed by atoms with Gasteiger partial charge in [0.2, 0.25) is 5.43 Å². The zero-order valence-electron chi connectivity index (χ0n) is 12.9. The highest BCUT2D eigenvalue weighted by molar-refractivity contribution is 6.05. The fourth-order valence-corrected chi connectivity index (χ4v) is 2.45. The van der Waals surface area contributed by atoms with Crippen LogP contribution in [-0.2, 0) is 6.18 Å². The number of benzene rings is 1. The van der Waals surface area contributed by atoms with Gasteiger partial charge in [-0.1, -0.05) is 12.1 Å². The van der Waals surface area contributed by atoms with Crippen LogP contribution in [0.3, 0.4) is 0 Å². The third-order valence-corrected chi connectivity index (χ3v) is 3.71. The second-order valence-electron chi connectivity index (χ2n) is 5.38.